The number of carbonyl (C=O) groups is 1. The van der Waals surface area contributed by atoms with Gasteiger partial charge in [0.1, 0.15) is 0 Å². The lowest BCUT2D eigenvalue weighted by atomic mass is 9.89. The predicted molar refractivity (Wildman–Crippen MR) is 72.3 cm³/mol. The van der Waals surface area contributed by atoms with Crippen molar-refractivity contribution in [1.29, 1.82) is 0 Å². The predicted octanol–water partition coefficient (Wildman–Crippen LogP) is 3.39. The van der Waals surface area contributed by atoms with Crippen molar-refractivity contribution in [2.45, 2.75) is 59.8 Å². The summed E-state index contributed by atoms with van der Waals surface area (Å²) < 4.78 is 0. The molecule has 0 unspecified atom stereocenters. The number of carboxylic acids is 1. The van der Waals surface area contributed by atoms with Crippen LogP contribution in [0.5, 0.6) is 0 Å². The maximum Gasteiger partial charge on any atom is 0.309 e. The number of unbranched alkanes of at least 4 members (excludes halogenated alkanes) is 2. The highest BCUT2D eigenvalue weighted by Gasteiger charge is 2.27. The van der Waals surface area contributed by atoms with Crippen LogP contribution >= 0.6 is 0 Å². The highest BCUT2D eigenvalue weighted by Crippen LogP contribution is 2.21. The fourth-order valence-electron chi connectivity index (χ4n) is 1.64. The van der Waals surface area contributed by atoms with Crippen LogP contribution in [0.3, 0.4) is 0 Å². The van der Waals surface area contributed by atoms with Crippen molar-refractivity contribution >= 4 is 5.97 Å². The second-order valence-corrected chi connectivity index (χ2v) is 5.49. The third kappa shape index (κ3) is 7.37. The van der Waals surface area contributed by atoms with Crippen LogP contribution in [0.25, 0.3) is 0 Å². The average Bonchev–Trinajstić information content (AvgIpc) is 2.28. The molecule has 0 saturated carbocycles. The lowest BCUT2D eigenvalue weighted by Crippen LogP contribution is -2.33. The summed E-state index contributed by atoms with van der Waals surface area (Å²) in [5, 5.41) is 9.09. The molecule has 0 saturated heterocycles. The molecule has 0 atom stereocenters. The molecule has 0 aliphatic carbocycles. The van der Waals surface area contributed by atoms with Gasteiger partial charge in [0.05, 0.1) is 5.41 Å². The third-order valence-corrected chi connectivity index (χ3v) is 3.29. The molecule has 0 aromatic heterocycles. The molecule has 0 spiro atoms. The first kappa shape index (κ1) is 16.4. The van der Waals surface area contributed by atoms with E-state index in [0.29, 0.717) is 0 Å². The van der Waals surface area contributed by atoms with Crippen LogP contribution in [0, 0.1) is 5.41 Å². The highest BCUT2D eigenvalue weighted by molar-refractivity contribution is 5.73. The molecule has 0 aliphatic heterocycles. The molecule has 0 fully saturated rings. The Morgan fingerprint density at radius 3 is 1.88 bits per heavy atom. The second kappa shape index (κ2) is 8.51. The number of carboxylic acid groups (broad SMARTS) is 1. The number of hydrogen-bond acceptors (Lipinski definition) is 2. The standard InChI is InChI=1S/C14H29NO2/c1-5-7-10-15(11-8-6-2)12-9-14(3,4)13(16)17/h5-12H2,1-4H3,(H,16,17). The minimum absolute atomic E-state index is 0.601. The molecule has 1 N–H and O–H groups in total. The van der Waals surface area contributed by atoms with E-state index in [4.69, 9.17) is 5.11 Å². The first-order valence-electron chi connectivity index (χ1n) is 6.89. The van der Waals surface area contributed by atoms with Crippen molar-refractivity contribution in [3.8, 4) is 0 Å². The van der Waals surface area contributed by atoms with Gasteiger partial charge in [-0.3, -0.25) is 4.79 Å². The second-order valence-electron chi connectivity index (χ2n) is 5.49. The Bertz CT molecular complexity index is 206. The van der Waals surface area contributed by atoms with Gasteiger partial charge in [0, 0.05) is 0 Å². The highest BCUT2D eigenvalue weighted by atomic mass is 16.4. The number of hydrogen-bond donors (Lipinski definition) is 1. The van der Waals surface area contributed by atoms with Crippen LogP contribution in [0.4, 0.5) is 0 Å². The van der Waals surface area contributed by atoms with Gasteiger partial charge in [0.25, 0.3) is 0 Å². The molecule has 0 amide bonds. The summed E-state index contributed by atoms with van der Waals surface area (Å²) in [6.07, 6.45) is 5.54. The van der Waals surface area contributed by atoms with Gasteiger partial charge in [0.2, 0.25) is 0 Å². The summed E-state index contributed by atoms with van der Waals surface area (Å²) in [5.41, 5.74) is -0.601. The molecule has 0 bridgehead atoms. The molecule has 17 heavy (non-hydrogen) atoms. The Labute approximate surface area is 106 Å². The van der Waals surface area contributed by atoms with Gasteiger partial charge in [-0.2, -0.15) is 0 Å². The smallest absolute Gasteiger partial charge is 0.309 e. The van der Waals surface area contributed by atoms with E-state index >= 15 is 0 Å². The van der Waals surface area contributed by atoms with E-state index < -0.39 is 11.4 Å². The number of aliphatic carboxylic acids is 1. The summed E-state index contributed by atoms with van der Waals surface area (Å²) >= 11 is 0. The molecule has 3 heteroatoms. The van der Waals surface area contributed by atoms with Gasteiger partial charge < -0.3 is 10.0 Å². The normalized spacial score (nSPS) is 12.1. The van der Waals surface area contributed by atoms with Crippen LogP contribution in [0.2, 0.25) is 0 Å². The maximum absolute atomic E-state index is 11.0. The molecule has 0 radical (unpaired) electrons. The number of rotatable bonds is 10. The zero-order valence-corrected chi connectivity index (χ0v) is 12.0. The van der Waals surface area contributed by atoms with Gasteiger partial charge in [-0.25, -0.2) is 0 Å². The first-order valence-corrected chi connectivity index (χ1v) is 6.89. The molecular formula is C14H29NO2. The Hall–Kier alpha value is -0.570. The SMILES string of the molecule is CCCCN(CCCC)CCC(C)(C)C(=O)O. The van der Waals surface area contributed by atoms with Crippen molar-refractivity contribution < 1.29 is 9.90 Å². The average molecular weight is 243 g/mol. The molecule has 0 aromatic rings. The van der Waals surface area contributed by atoms with Crippen molar-refractivity contribution in [3.05, 3.63) is 0 Å². The molecule has 0 aliphatic rings. The Morgan fingerprint density at radius 1 is 1.06 bits per heavy atom. The van der Waals surface area contributed by atoms with Crippen molar-refractivity contribution in [3.63, 3.8) is 0 Å². The lowest BCUT2D eigenvalue weighted by Gasteiger charge is -2.26. The molecule has 0 aromatic carbocycles. The van der Waals surface area contributed by atoms with Gasteiger partial charge in [-0.1, -0.05) is 26.7 Å². The minimum Gasteiger partial charge on any atom is -0.481 e. The van der Waals surface area contributed by atoms with E-state index in [1.807, 2.05) is 13.8 Å². The summed E-state index contributed by atoms with van der Waals surface area (Å²) in [4.78, 5) is 13.5. The minimum atomic E-state index is -0.691. The van der Waals surface area contributed by atoms with Crippen LogP contribution in [-0.2, 0) is 4.79 Å². The Balaban J connectivity index is 4.09. The van der Waals surface area contributed by atoms with E-state index in [1.165, 1.54) is 25.7 Å². The molecule has 102 valence electrons. The van der Waals surface area contributed by atoms with Gasteiger partial charge >= 0.3 is 5.97 Å². The van der Waals surface area contributed by atoms with Crippen molar-refractivity contribution in [2.75, 3.05) is 19.6 Å². The van der Waals surface area contributed by atoms with E-state index in [1.54, 1.807) is 0 Å². The topological polar surface area (TPSA) is 40.5 Å². The third-order valence-electron chi connectivity index (χ3n) is 3.29. The van der Waals surface area contributed by atoms with E-state index in [9.17, 15) is 4.79 Å². The molecule has 3 nitrogen and oxygen atoms in total. The van der Waals surface area contributed by atoms with E-state index in [-0.39, 0.29) is 0 Å². The van der Waals surface area contributed by atoms with Crippen LogP contribution in [0.1, 0.15) is 59.8 Å². The van der Waals surface area contributed by atoms with Crippen LogP contribution in [0.15, 0.2) is 0 Å². The quantitative estimate of drug-likeness (QED) is 0.639. The van der Waals surface area contributed by atoms with Gasteiger partial charge in [-0.05, 0) is 52.7 Å². The van der Waals surface area contributed by atoms with Crippen molar-refractivity contribution in [1.82, 2.24) is 4.90 Å². The Kier molecular flexibility index (Phi) is 8.23. The van der Waals surface area contributed by atoms with Crippen LogP contribution < -0.4 is 0 Å². The van der Waals surface area contributed by atoms with Crippen molar-refractivity contribution in [2.24, 2.45) is 5.41 Å². The first-order chi connectivity index (χ1) is 7.94. The van der Waals surface area contributed by atoms with Gasteiger partial charge in [0.15, 0.2) is 0 Å². The fourth-order valence-corrected chi connectivity index (χ4v) is 1.64. The van der Waals surface area contributed by atoms with E-state index in [0.717, 1.165) is 26.1 Å². The number of nitrogens with zero attached hydrogens (tertiary/aromatic N) is 1. The summed E-state index contributed by atoms with van der Waals surface area (Å²) in [5.74, 6) is -0.691. The zero-order chi connectivity index (χ0) is 13.3. The van der Waals surface area contributed by atoms with Gasteiger partial charge in [-0.15, -0.1) is 0 Å². The zero-order valence-electron chi connectivity index (χ0n) is 12.0. The molecular weight excluding hydrogens is 214 g/mol. The monoisotopic (exact) mass is 243 g/mol. The lowest BCUT2D eigenvalue weighted by molar-refractivity contribution is -0.147. The maximum atomic E-state index is 11.0. The summed E-state index contributed by atoms with van der Waals surface area (Å²) in [6, 6.07) is 0. The fraction of sp³-hybridized carbons (Fsp3) is 0.929. The largest absolute Gasteiger partial charge is 0.481 e. The van der Waals surface area contributed by atoms with Crippen LogP contribution in [-0.4, -0.2) is 35.6 Å². The summed E-state index contributed by atoms with van der Waals surface area (Å²) in [6.45, 7) is 11.1. The Morgan fingerprint density at radius 2 is 1.53 bits per heavy atom. The summed E-state index contributed by atoms with van der Waals surface area (Å²) in [7, 11) is 0. The van der Waals surface area contributed by atoms with E-state index in [2.05, 4.69) is 18.7 Å². The molecule has 0 rings (SSSR count). The molecule has 0 heterocycles.